The van der Waals surface area contributed by atoms with Crippen molar-refractivity contribution in [3.63, 3.8) is 0 Å². The minimum atomic E-state index is -0.103. The van der Waals surface area contributed by atoms with Crippen LogP contribution in [0.1, 0.15) is 75.6 Å². The fourth-order valence-corrected chi connectivity index (χ4v) is 10.9. The standard InChI is InChI=1S/C39H33N2.C26H18NO.Ir/c1-25(2)34-23-31(27-12-6-5-7-13-27)24-35(26(3)4)38(34)41-37-17-11-10-16-36(37)40-39(41)30-20-21-33-29(22-30)19-18-28-14-8-9-15-32(28)33;1-26(2)21-11-4-3-8-16(21)17-13-14-19-18-9-7-10-20(22-12-5-6-15-27-22)24(18)28-25(19)23(17)26;/h5-19,21-26H,1-4H3;3-9,11-15H,1-2H3;/q2*-1;. The van der Waals surface area contributed by atoms with Gasteiger partial charge in [0.1, 0.15) is 5.58 Å². The summed E-state index contributed by atoms with van der Waals surface area (Å²) in [7, 11) is 0. The Hall–Kier alpha value is -7.43. The Morgan fingerprint density at radius 3 is 2.06 bits per heavy atom. The fraction of sp³-hybridized carbons (Fsp3) is 0.138. The number of hydrogen-bond donors (Lipinski definition) is 0. The number of hydrogen-bond acceptors (Lipinski definition) is 3. The van der Waals surface area contributed by atoms with Gasteiger partial charge in [-0.25, -0.2) is 0 Å². The molecule has 1 aliphatic rings. The molecule has 3 aromatic heterocycles. The third kappa shape index (κ3) is 7.39. The molecular weight excluding hydrogens is 1030 g/mol. The summed E-state index contributed by atoms with van der Waals surface area (Å²) in [5.74, 6) is 1.58. The second kappa shape index (κ2) is 17.8. The zero-order valence-corrected chi connectivity index (χ0v) is 42.5. The molecule has 0 fully saturated rings. The maximum atomic E-state index is 6.58. The van der Waals surface area contributed by atoms with Crippen molar-refractivity contribution in [2.75, 3.05) is 0 Å². The SMILES string of the molecule is CC(C)c1cc(-c2ccccc2)cc(C(C)C)c1-n1c(-c2[c-]cc3c(ccc4ccccc43)c2)nc2ccccc21.CC1(C)c2ccccc2-c2ccc3c(oc4c(-c5ccccn5)[c-]ccc43)c21.[Ir]. The van der Waals surface area contributed by atoms with Gasteiger partial charge in [-0.3, -0.25) is 4.98 Å². The second-order valence-electron chi connectivity index (χ2n) is 19.5. The van der Waals surface area contributed by atoms with Gasteiger partial charge < -0.3 is 14.0 Å². The molecule has 4 nitrogen and oxygen atoms in total. The molecule has 0 unspecified atom stereocenters. The Morgan fingerprint density at radius 2 is 1.27 bits per heavy atom. The van der Waals surface area contributed by atoms with Crippen LogP contribution in [0.25, 0.3) is 105 Å². The second-order valence-corrected chi connectivity index (χ2v) is 19.5. The van der Waals surface area contributed by atoms with Crippen LogP contribution in [0.15, 0.2) is 193 Å². The number of pyridine rings is 1. The molecule has 0 bridgehead atoms. The normalized spacial score (nSPS) is 12.7. The average Bonchev–Trinajstić information content (AvgIpc) is 4.04. The molecule has 5 heteroatoms. The summed E-state index contributed by atoms with van der Waals surface area (Å²) >= 11 is 0. The van der Waals surface area contributed by atoms with Crippen LogP contribution in [0.5, 0.6) is 0 Å². The van der Waals surface area contributed by atoms with Gasteiger partial charge in [-0.2, -0.15) is 0 Å². The Labute approximate surface area is 423 Å². The van der Waals surface area contributed by atoms with E-state index in [0.717, 1.165) is 55.6 Å². The number of imidazole rings is 1. The molecule has 343 valence electrons. The molecule has 13 rings (SSSR count). The van der Waals surface area contributed by atoms with Gasteiger partial charge in [0.15, 0.2) is 0 Å². The number of benzene rings is 9. The van der Waals surface area contributed by atoms with Gasteiger partial charge in [0.2, 0.25) is 0 Å². The van der Waals surface area contributed by atoms with Crippen molar-refractivity contribution in [2.24, 2.45) is 0 Å². The fourth-order valence-electron chi connectivity index (χ4n) is 10.9. The first kappa shape index (κ1) is 45.0. The summed E-state index contributed by atoms with van der Waals surface area (Å²) in [4.78, 5) is 9.75. The predicted octanol–water partition coefficient (Wildman–Crippen LogP) is 17.5. The van der Waals surface area contributed by atoms with E-state index in [0.29, 0.717) is 11.8 Å². The van der Waals surface area contributed by atoms with Crippen LogP contribution in [0, 0.1) is 12.1 Å². The number of para-hydroxylation sites is 2. The van der Waals surface area contributed by atoms with Gasteiger partial charge in [0.05, 0.1) is 22.4 Å². The van der Waals surface area contributed by atoms with Crippen LogP contribution in [0.4, 0.5) is 0 Å². The Balaban J connectivity index is 0.000000160. The van der Waals surface area contributed by atoms with Crippen molar-refractivity contribution in [1.82, 2.24) is 14.5 Å². The van der Waals surface area contributed by atoms with Crippen LogP contribution >= 0.6 is 0 Å². The largest absolute Gasteiger partial charge is 0.500 e. The summed E-state index contributed by atoms with van der Waals surface area (Å²) in [5.41, 5.74) is 18.2. The number of rotatable bonds is 6. The maximum absolute atomic E-state index is 6.58. The minimum absolute atomic E-state index is 0. The van der Waals surface area contributed by atoms with E-state index in [9.17, 15) is 0 Å². The number of nitrogens with zero attached hydrogens (tertiary/aromatic N) is 3. The van der Waals surface area contributed by atoms with E-state index in [4.69, 9.17) is 9.40 Å². The van der Waals surface area contributed by atoms with E-state index in [2.05, 4.69) is 221 Å². The summed E-state index contributed by atoms with van der Waals surface area (Å²) < 4.78 is 8.97. The number of fused-ring (bicyclic) bond motifs is 11. The van der Waals surface area contributed by atoms with Gasteiger partial charge in [-0.1, -0.05) is 191 Å². The number of aromatic nitrogens is 3. The van der Waals surface area contributed by atoms with Crippen molar-refractivity contribution in [3.8, 4) is 50.6 Å². The third-order valence-corrected chi connectivity index (χ3v) is 14.3. The van der Waals surface area contributed by atoms with Gasteiger partial charge >= 0.3 is 0 Å². The van der Waals surface area contributed by atoms with E-state index in [1.807, 2.05) is 30.5 Å². The van der Waals surface area contributed by atoms with Crippen LogP contribution in [0.2, 0.25) is 0 Å². The Morgan fingerprint density at radius 1 is 0.571 bits per heavy atom. The van der Waals surface area contributed by atoms with Crippen molar-refractivity contribution in [2.45, 2.75) is 58.8 Å². The van der Waals surface area contributed by atoms with Gasteiger partial charge in [0.25, 0.3) is 0 Å². The van der Waals surface area contributed by atoms with E-state index in [1.165, 1.54) is 71.7 Å². The first-order chi connectivity index (χ1) is 33.7. The first-order valence-electron chi connectivity index (χ1n) is 24.1. The molecule has 9 aromatic carbocycles. The zero-order chi connectivity index (χ0) is 47.0. The molecule has 0 spiro atoms. The van der Waals surface area contributed by atoms with Gasteiger partial charge in [0, 0.05) is 48.4 Å². The predicted molar refractivity (Wildman–Crippen MR) is 287 cm³/mol. The van der Waals surface area contributed by atoms with Crippen molar-refractivity contribution in [3.05, 3.63) is 223 Å². The summed E-state index contributed by atoms with van der Waals surface area (Å²) in [5, 5.41) is 7.18. The molecule has 0 amide bonds. The van der Waals surface area contributed by atoms with Crippen LogP contribution in [-0.4, -0.2) is 14.5 Å². The summed E-state index contributed by atoms with van der Waals surface area (Å²) in [6.45, 7) is 13.8. The summed E-state index contributed by atoms with van der Waals surface area (Å²) in [6, 6.07) is 71.5. The van der Waals surface area contributed by atoms with Crippen molar-refractivity contribution in [1.29, 1.82) is 0 Å². The monoisotopic (exact) mass is 1080 g/mol. The molecular formula is C65H51IrN3O-2. The van der Waals surface area contributed by atoms with Gasteiger partial charge in [-0.05, 0) is 92.2 Å². The molecule has 0 saturated carbocycles. The molecule has 1 aliphatic carbocycles. The van der Waals surface area contributed by atoms with E-state index in [1.54, 1.807) is 0 Å². The molecule has 0 aliphatic heterocycles. The van der Waals surface area contributed by atoms with E-state index in [-0.39, 0.29) is 25.5 Å². The Bertz CT molecular complexity index is 3910. The smallest absolute Gasteiger partial charge is 0.125 e. The molecule has 1 radical (unpaired) electrons. The Kier molecular flexibility index (Phi) is 11.5. The number of furan rings is 1. The minimum Gasteiger partial charge on any atom is -0.500 e. The van der Waals surface area contributed by atoms with E-state index >= 15 is 0 Å². The molecule has 12 aromatic rings. The van der Waals surface area contributed by atoms with Crippen LogP contribution in [-0.2, 0) is 25.5 Å². The molecule has 70 heavy (non-hydrogen) atoms. The van der Waals surface area contributed by atoms with Crippen molar-refractivity contribution < 1.29 is 24.5 Å². The van der Waals surface area contributed by atoms with Crippen molar-refractivity contribution >= 4 is 54.5 Å². The van der Waals surface area contributed by atoms with Crippen LogP contribution in [0.3, 0.4) is 0 Å². The average molecular weight is 1080 g/mol. The van der Waals surface area contributed by atoms with E-state index < -0.39 is 0 Å². The molecule has 0 atom stereocenters. The molecule has 3 heterocycles. The topological polar surface area (TPSA) is 43.9 Å². The zero-order valence-electron chi connectivity index (χ0n) is 40.1. The molecule has 0 N–H and O–H groups in total. The maximum Gasteiger partial charge on any atom is 0.125 e. The first-order valence-corrected chi connectivity index (χ1v) is 24.1. The third-order valence-electron chi connectivity index (χ3n) is 14.3. The van der Waals surface area contributed by atoms with Gasteiger partial charge in [-0.15, -0.1) is 47.3 Å². The summed E-state index contributed by atoms with van der Waals surface area (Å²) in [6.07, 6.45) is 1.81. The quantitative estimate of drug-likeness (QED) is 0.123. The van der Waals surface area contributed by atoms with Crippen LogP contribution < -0.4 is 0 Å². The molecule has 0 saturated heterocycles.